The molecule has 0 aliphatic carbocycles. The molecule has 3 nitrogen and oxygen atoms in total. The molecule has 2 rings (SSSR count). The highest BCUT2D eigenvalue weighted by atomic mass is 19.1. The molecule has 0 aliphatic heterocycles. The third kappa shape index (κ3) is 3.31. The number of ether oxygens (including phenoxy) is 1. The first-order valence-corrected chi connectivity index (χ1v) is 5.87. The Kier molecular flexibility index (Phi) is 3.80. The fourth-order valence-electron chi connectivity index (χ4n) is 1.63. The van der Waals surface area contributed by atoms with Crippen molar-refractivity contribution in [1.82, 2.24) is 0 Å². The molecule has 2 aromatic rings. The molecule has 0 saturated carbocycles. The third-order valence-electron chi connectivity index (χ3n) is 2.80. The SMILES string of the molecule is Cc1cc(NC(=O)Oc2ccccc2)cc(F)c1C. The van der Waals surface area contributed by atoms with Crippen LogP contribution in [0.4, 0.5) is 14.9 Å². The van der Waals surface area contributed by atoms with Gasteiger partial charge in [-0.1, -0.05) is 18.2 Å². The van der Waals surface area contributed by atoms with Crippen molar-refractivity contribution in [3.8, 4) is 5.75 Å². The van der Waals surface area contributed by atoms with Crippen molar-refractivity contribution in [3.63, 3.8) is 0 Å². The second-order valence-electron chi connectivity index (χ2n) is 4.23. The van der Waals surface area contributed by atoms with Gasteiger partial charge >= 0.3 is 6.09 Å². The van der Waals surface area contributed by atoms with Crippen LogP contribution in [0.15, 0.2) is 42.5 Å². The number of hydrogen-bond donors (Lipinski definition) is 1. The maximum absolute atomic E-state index is 13.5. The summed E-state index contributed by atoms with van der Waals surface area (Å²) in [5, 5.41) is 2.50. The lowest BCUT2D eigenvalue weighted by Crippen LogP contribution is -2.17. The van der Waals surface area contributed by atoms with Crippen LogP contribution in [-0.4, -0.2) is 6.09 Å². The van der Waals surface area contributed by atoms with Gasteiger partial charge in [-0.15, -0.1) is 0 Å². The number of rotatable bonds is 2. The van der Waals surface area contributed by atoms with Gasteiger partial charge in [0.1, 0.15) is 11.6 Å². The van der Waals surface area contributed by atoms with Gasteiger partial charge in [-0.3, -0.25) is 5.32 Å². The molecule has 0 atom stereocenters. The number of benzene rings is 2. The standard InChI is InChI=1S/C15H14FNO2/c1-10-8-12(9-14(16)11(10)2)17-15(18)19-13-6-4-3-5-7-13/h3-9H,1-2H3,(H,17,18). The third-order valence-corrected chi connectivity index (χ3v) is 2.80. The van der Waals surface area contributed by atoms with E-state index in [1.807, 2.05) is 6.07 Å². The summed E-state index contributed by atoms with van der Waals surface area (Å²) in [4.78, 5) is 11.6. The summed E-state index contributed by atoms with van der Waals surface area (Å²) in [5.74, 6) is 0.0827. The van der Waals surface area contributed by atoms with E-state index < -0.39 is 6.09 Å². The monoisotopic (exact) mass is 259 g/mol. The minimum atomic E-state index is -0.645. The maximum atomic E-state index is 13.5. The summed E-state index contributed by atoms with van der Waals surface area (Å²) in [5.41, 5.74) is 1.72. The van der Waals surface area contributed by atoms with Crippen LogP contribution >= 0.6 is 0 Å². The summed E-state index contributed by atoms with van der Waals surface area (Å²) in [6.45, 7) is 3.48. The topological polar surface area (TPSA) is 38.3 Å². The van der Waals surface area contributed by atoms with E-state index in [-0.39, 0.29) is 5.82 Å². The molecule has 2 aromatic carbocycles. The number of para-hydroxylation sites is 1. The summed E-state index contributed by atoms with van der Waals surface area (Å²) in [7, 11) is 0. The number of nitrogens with one attached hydrogen (secondary N) is 1. The molecule has 0 saturated heterocycles. The van der Waals surface area contributed by atoms with E-state index in [1.54, 1.807) is 44.2 Å². The van der Waals surface area contributed by atoms with Gasteiger partial charge < -0.3 is 4.74 Å². The molecule has 0 unspecified atom stereocenters. The molecular formula is C15H14FNO2. The van der Waals surface area contributed by atoms with Gasteiger partial charge in [0.05, 0.1) is 0 Å². The predicted molar refractivity (Wildman–Crippen MR) is 72.0 cm³/mol. The molecule has 0 radical (unpaired) electrons. The molecule has 0 fully saturated rings. The van der Waals surface area contributed by atoms with Gasteiger partial charge in [-0.2, -0.15) is 0 Å². The van der Waals surface area contributed by atoms with Gasteiger partial charge in [0, 0.05) is 5.69 Å². The number of anilines is 1. The average molecular weight is 259 g/mol. The number of carbonyl (C=O) groups excluding carboxylic acids is 1. The van der Waals surface area contributed by atoms with E-state index in [0.717, 1.165) is 5.56 Å². The van der Waals surface area contributed by atoms with Crippen LogP contribution in [0.25, 0.3) is 0 Å². The quantitative estimate of drug-likeness (QED) is 0.883. The second kappa shape index (κ2) is 5.52. The van der Waals surface area contributed by atoms with Crippen LogP contribution in [0, 0.1) is 19.7 Å². The van der Waals surface area contributed by atoms with Crippen molar-refractivity contribution in [2.24, 2.45) is 0 Å². The summed E-state index contributed by atoms with van der Waals surface area (Å²) in [6.07, 6.45) is -0.645. The Balaban J connectivity index is 2.07. The molecule has 0 aromatic heterocycles. The fourth-order valence-corrected chi connectivity index (χ4v) is 1.63. The van der Waals surface area contributed by atoms with Crippen LogP contribution in [-0.2, 0) is 0 Å². The zero-order valence-corrected chi connectivity index (χ0v) is 10.7. The Morgan fingerprint density at radius 3 is 2.47 bits per heavy atom. The Morgan fingerprint density at radius 2 is 1.84 bits per heavy atom. The van der Waals surface area contributed by atoms with Crippen molar-refractivity contribution in [2.75, 3.05) is 5.32 Å². The minimum Gasteiger partial charge on any atom is -0.410 e. The average Bonchev–Trinajstić information content (AvgIpc) is 2.37. The molecule has 0 aliphatic rings. The van der Waals surface area contributed by atoms with E-state index in [9.17, 15) is 9.18 Å². The zero-order valence-electron chi connectivity index (χ0n) is 10.7. The van der Waals surface area contributed by atoms with E-state index in [0.29, 0.717) is 17.0 Å². The molecule has 19 heavy (non-hydrogen) atoms. The van der Waals surface area contributed by atoms with Crippen LogP contribution in [0.5, 0.6) is 5.75 Å². The lowest BCUT2D eigenvalue weighted by Gasteiger charge is -2.09. The van der Waals surface area contributed by atoms with Gasteiger partial charge in [0.2, 0.25) is 0 Å². The smallest absolute Gasteiger partial charge is 0.410 e. The number of aryl methyl sites for hydroxylation is 1. The molecule has 0 spiro atoms. The first kappa shape index (κ1) is 13.1. The van der Waals surface area contributed by atoms with Gasteiger partial charge in [-0.05, 0) is 49.2 Å². The number of amides is 1. The van der Waals surface area contributed by atoms with Crippen molar-refractivity contribution < 1.29 is 13.9 Å². The maximum Gasteiger partial charge on any atom is 0.417 e. The van der Waals surface area contributed by atoms with E-state index in [4.69, 9.17) is 4.74 Å². The Bertz CT molecular complexity index is 573. The van der Waals surface area contributed by atoms with Gasteiger partial charge in [-0.25, -0.2) is 9.18 Å². The van der Waals surface area contributed by atoms with E-state index >= 15 is 0 Å². The fraction of sp³-hybridized carbons (Fsp3) is 0.133. The highest BCUT2D eigenvalue weighted by molar-refractivity contribution is 5.86. The molecule has 0 heterocycles. The van der Waals surface area contributed by atoms with Crippen molar-refractivity contribution in [1.29, 1.82) is 0 Å². The zero-order chi connectivity index (χ0) is 13.8. The summed E-state index contributed by atoms with van der Waals surface area (Å²) < 4.78 is 18.6. The largest absolute Gasteiger partial charge is 0.417 e. The van der Waals surface area contributed by atoms with Crippen LogP contribution in [0.3, 0.4) is 0 Å². The lowest BCUT2D eigenvalue weighted by atomic mass is 10.1. The Labute approximate surface area is 111 Å². The number of carbonyl (C=O) groups is 1. The highest BCUT2D eigenvalue weighted by Crippen LogP contribution is 2.19. The summed E-state index contributed by atoms with van der Waals surface area (Å²) in [6, 6.07) is 11.7. The first-order chi connectivity index (χ1) is 9.06. The van der Waals surface area contributed by atoms with Gasteiger partial charge in [0.25, 0.3) is 0 Å². The molecule has 0 bridgehead atoms. The molecule has 4 heteroatoms. The van der Waals surface area contributed by atoms with Crippen LogP contribution in [0.1, 0.15) is 11.1 Å². The lowest BCUT2D eigenvalue weighted by molar-refractivity contribution is 0.215. The highest BCUT2D eigenvalue weighted by Gasteiger charge is 2.08. The van der Waals surface area contributed by atoms with Crippen molar-refractivity contribution in [2.45, 2.75) is 13.8 Å². The predicted octanol–water partition coefficient (Wildman–Crippen LogP) is 4.05. The number of halogens is 1. The second-order valence-corrected chi connectivity index (χ2v) is 4.23. The van der Waals surface area contributed by atoms with Crippen molar-refractivity contribution in [3.05, 3.63) is 59.4 Å². The van der Waals surface area contributed by atoms with E-state index in [1.165, 1.54) is 6.07 Å². The Morgan fingerprint density at radius 1 is 1.16 bits per heavy atom. The van der Waals surface area contributed by atoms with Crippen molar-refractivity contribution >= 4 is 11.8 Å². The van der Waals surface area contributed by atoms with Crippen LogP contribution < -0.4 is 10.1 Å². The number of hydrogen-bond acceptors (Lipinski definition) is 2. The van der Waals surface area contributed by atoms with E-state index in [2.05, 4.69) is 5.32 Å². The first-order valence-electron chi connectivity index (χ1n) is 5.87. The van der Waals surface area contributed by atoms with Crippen LogP contribution in [0.2, 0.25) is 0 Å². The molecular weight excluding hydrogens is 245 g/mol. The normalized spacial score (nSPS) is 10.1. The Hall–Kier alpha value is -2.36. The van der Waals surface area contributed by atoms with Gasteiger partial charge in [0.15, 0.2) is 0 Å². The molecule has 1 amide bonds. The summed E-state index contributed by atoms with van der Waals surface area (Å²) >= 11 is 0. The molecule has 1 N–H and O–H groups in total. The molecule has 98 valence electrons. The minimum absolute atomic E-state index is 0.352.